The normalized spacial score (nSPS) is 12.1. The fraction of sp³-hybridized carbons (Fsp3) is 0.280. The van der Waals surface area contributed by atoms with Crippen molar-refractivity contribution in [2.75, 3.05) is 13.4 Å². The molecule has 1 N–H and O–H groups in total. The van der Waals surface area contributed by atoms with Crippen LogP contribution in [-0.2, 0) is 19.7 Å². The molecule has 0 atom stereocenters. The maximum absolute atomic E-state index is 6.57. The second kappa shape index (κ2) is 9.94. The van der Waals surface area contributed by atoms with Gasteiger partial charge in [0.1, 0.15) is 6.61 Å². The first-order valence-corrected chi connectivity index (χ1v) is 10.7. The van der Waals surface area contributed by atoms with E-state index in [9.17, 15) is 0 Å². The third-order valence-corrected chi connectivity index (χ3v) is 5.38. The summed E-state index contributed by atoms with van der Waals surface area (Å²) >= 11 is 6.57. The summed E-state index contributed by atoms with van der Waals surface area (Å²) in [5, 5.41) is 3.98. The zero-order chi connectivity index (χ0) is 21.6. The lowest BCUT2D eigenvalue weighted by Crippen LogP contribution is -2.13. The van der Waals surface area contributed by atoms with Crippen LogP contribution < -0.4 is 24.3 Å². The first-order valence-electron chi connectivity index (χ1n) is 10.4. The van der Waals surface area contributed by atoms with Crippen molar-refractivity contribution < 1.29 is 18.9 Å². The molecule has 5 nitrogen and oxygen atoms in total. The molecule has 162 valence electrons. The third kappa shape index (κ3) is 5.24. The molecule has 0 fully saturated rings. The Hall–Kier alpha value is -2.89. The summed E-state index contributed by atoms with van der Waals surface area (Å²) < 4.78 is 22.7. The van der Waals surface area contributed by atoms with Crippen LogP contribution in [0, 0.1) is 6.92 Å². The smallest absolute Gasteiger partial charge is 0.231 e. The van der Waals surface area contributed by atoms with Crippen molar-refractivity contribution in [3.05, 3.63) is 81.9 Å². The first kappa shape index (κ1) is 21.3. The predicted octanol–water partition coefficient (Wildman–Crippen LogP) is 5.64. The van der Waals surface area contributed by atoms with Crippen LogP contribution in [0.3, 0.4) is 0 Å². The van der Waals surface area contributed by atoms with E-state index < -0.39 is 0 Å². The lowest BCUT2D eigenvalue weighted by atomic mass is 10.1. The number of rotatable bonds is 9. The van der Waals surface area contributed by atoms with E-state index in [0.29, 0.717) is 42.8 Å². The summed E-state index contributed by atoms with van der Waals surface area (Å²) in [7, 11) is 0. The molecule has 0 aromatic heterocycles. The molecule has 1 aliphatic rings. The van der Waals surface area contributed by atoms with Crippen LogP contribution in [0.5, 0.6) is 23.0 Å². The van der Waals surface area contributed by atoms with Crippen molar-refractivity contribution in [2.45, 2.75) is 33.5 Å². The van der Waals surface area contributed by atoms with E-state index in [0.717, 1.165) is 28.2 Å². The van der Waals surface area contributed by atoms with Crippen LogP contribution >= 0.6 is 11.6 Å². The molecule has 1 heterocycles. The average Bonchev–Trinajstić information content (AvgIpc) is 3.22. The van der Waals surface area contributed by atoms with Gasteiger partial charge in [-0.3, -0.25) is 0 Å². The van der Waals surface area contributed by atoms with Crippen LogP contribution in [0.4, 0.5) is 0 Å². The Bertz CT molecular complexity index is 1050. The van der Waals surface area contributed by atoms with E-state index in [1.807, 2.05) is 49.4 Å². The van der Waals surface area contributed by atoms with Gasteiger partial charge in [-0.05, 0) is 60.4 Å². The molecular weight excluding hydrogens is 414 g/mol. The summed E-state index contributed by atoms with van der Waals surface area (Å²) in [6, 6.07) is 18.0. The summed E-state index contributed by atoms with van der Waals surface area (Å²) in [5.74, 6) is 2.81. The lowest BCUT2D eigenvalue weighted by molar-refractivity contribution is 0.174. The minimum Gasteiger partial charge on any atom is -0.490 e. The van der Waals surface area contributed by atoms with Gasteiger partial charge in [0.25, 0.3) is 0 Å². The van der Waals surface area contributed by atoms with Gasteiger partial charge in [-0.25, -0.2) is 0 Å². The number of fused-ring (bicyclic) bond motifs is 1. The Morgan fingerprint density at radius 3 is 2.58 bits per heavy atom. The Labute approximate surface area is 187 Å². The summed E-state index contributed by atoms with van der Waals surface area (Å²) in [4.78, 5) is 0. The number of halogens is 1. The molecule has 0 saturated heterocycles. The van der Waals surface area contributed by atoms with E-state index in [4.69, 9.17) is 30.5 Å². The van der Waals surface area contributed by atoms with Crippen molar-refractivity contribution in [3.8, 4) is 23.0 Å². The zero-order valence-electron chi connectivity index (χ0n) is 17.7. The third-order valence-electron chi connectivity index (χ3n) is 5.10. The van der Waals surface area contributed by atoms with Crippen LogP contribution in [0.15, 0.2) is 54.6 Å². The molecule has 4 rings (SSSR count). The SMILES string of the molecule is CCOc1cc(CNCc2ccc3c(c2)OCO3)cc(Cl)c1OCc1ccccc1C. The van der Waals surface area contributed by atoms with Crippen molar-refractivity contribution in [1.29, 1.82) is 0 Å². The molecule has 0 unspecified atom stereocenters. The molecule has 0 aliphatic carbocycles. The maximum atomic E-state index is 6.57. The van der Waals surface area contributed by atoms with E-state index in [2.05, 4.69) is 24.4 Å². The van der Waals surface area contributed by atoms with Gasteiger partial charge >= 0.3 is 0 Å². The molecule has 31 heavy (non-hydrogen) atoms. The Morgan fingerprint density at radius 2 is 1.74 bits per heavy atom. The molecule has 6 heteroatoms. The molecule has 1 aliphatic heterocycles. The largest absolute Gasteiger partial charge is 0.490 e. The topological polar surface area (TPSA) is 49.0 Å². The van der Waals surface area contributed by atoms with Crippen molar-refractivity contribution in [3.63, 3.8) is 0 Å². The van der Waals surface area contributed by atoms with Crippen molar-refractivity contribution in [2.24, 2.45) is 0 Å². The van der Waals surface area contributed by atoms with Crippen LogP contribution in [0.1, 0.15) is 29.2 Å². The molecule has 0 spiro atoms. The monoisotopic (exact) mass is 439 g/mol. The second-order valence-electron chi connectivity index (χ2n) is 7.34. The Kier molecular flexibility index (Phi) is 6.85. The quantitative estimate of drug-likeness (QED) is 0.467. The Morgan fingerprint density at radius 1 is 0.935 bits per heavy atom. The van der Waals surface area contributed by atoms with Gasteiger partial charge in [0.15, 0.2) is 23.0 Å². The summed E-state index contributed by atoms with van der Waals surface area (Å²) in [6.45, 7) is 6.61. The molecule has 0 amide bonds. The van der Waals surface area contributed by atoms with Gasteiger partial charge in [0.2, 0.25) is 6.79 Å². The van der Waals surface area contributed by atoms with E-state index >= 15 is 0 Å². The van der Waals surface area contributed by atoms with Crippen LogP contribution in [0.2, 0.25) is 5.02 Å². The second-order valence-corrected chi connectivity index (χ2v) is 7.75. The Balaban J connectivity index is 1.42. The predicted molar refractivity (Wildman–Crippen MR) is 121 cm³/mol. The van der Waals surface area contributed by atoms with E-state index in [1.165, 1.54) is 5.56 Å². The minimum absolute atomic E-state index is 0.281. The highest BCUT2D eigenvalue weighted by Crippen LogP contribution is 2.37. The fourth-order valence-corrected chi connectivity index (χ4v) is 3.74. The van der Waals surface area contributed by atoms with Crippen LogP contribution in [0.25, 0.3) is 0 Å². The van der Waals surface area contributed by atoms with Crippen molar-refractivity contribution in [1.82, 2.24) is 5.32 Å². The molecule has 3 aromatic carbocycles. The van der Waals surface area contributed by atoms with Gasteiger partial charge in [-0.2, -0.15) is 0 Å². The van der Waals surface area contributed by atoms with Gasteiger partial charge < -0.3 is 24.3 Å². The summed E-state index contributed by atoms with van der Waals surface area (Å²) in [6.07, 6.45) is 0. The molecule has 0 saturated carbocycles. The fourth-order valence-electron chi connectivity index (χ4n) is 3.45. The number of nitrogens with one attached hydrogen (secondary N) is 1. The molecule has 0 radical (unpaired) electrons. The van der Waals surface area contributed by atoms with Gasteiger partial charge in [-0.15, -0.1) is 0 Å². The number of hydrogen-bond donors (Lipinski definition) is 1. The highest BCUT2D eigenvalue weighted by atomic mass is 35.5. The van der Waals surface area contributed by atoms with Crippen molar-refractivity contribution >= 4 is 11.6 Å². The molecule has 0 bridgehead atoms. The first-order chi connectivity index (χ1) is 15.1. The summed E-state index contributed by atoms with van der Waals surface area (Å²) in [5.41, 5.74) is 4.45. The molecular formula is C25H26ClNO4. The number of hydrogen-bond acceptors (Lipinski definition) is 5. The highest BCUT2D eigenvalue weighted by molar-refractivity contribution is 6.32. The number of aryl methyl sites for hydroxylation is 1. The van der Waals surface area contributed by atoms with Gasteiger partial charge in [0.05, 0.1) is 11.6 Å². The number of benzene rings is 3. The number of ether oxygens (including phenoxy) is 4. The average molecular weight is 440 g/mol. The van der Waals surface area contributed by atoms with Gasteiger partial charge in [-0.1, -0.05) is 41.9 Å². The molecule has 3 aromatic rings. The van der Waals surface area contributed by atoms with Crippen LogP contribution in [-0.4, -0.2) is 13.4 Å². The zero-order valence-corrected chi connectivity index (χ0v) is 18.5. The maximum Gasteiger partial charge on any atom is 0.231 e. The van der Waals surface area contributed by atoms with Gasteiger partial charge in [0, 0.05) is 13.1 Å². The van der Waals surface area contributed by atoms with E-state index in [1.54, 1.807) is 0 Å². The standard InChI is InChI=1S/C25H26ClNO4/c1-3-28-24-12-19(14-27-13-18-8-9-22-23(11-18)31-16-30-22)10-21(26)25(24)29-15-20-7-5-4-6-17(20)2/h4-12,27H,3,13-16H2,1-2H3. The van der Waals surface area contributed by atoms with E-state index in [-0.39, 0.29) is 6.79 Å². The highest BCUT2D eigenvalue weighted by Gasteiger charge is 2.15. The lowest BCUT2D eigenvalue weighted by Gasteiger charge is -2.16. The minimum atomic E-state index is 0.281.